The molecule has 0 fully saturated rings. The predicted molar refractivity (Wildman–Crippen MR) is 47.0 cm³/mol. The van der Waals surface area contributed by atoms with E-state index >= 15 is 0 Å². The van der Waals surface area contributed by atoms with E-state index in [9.17, 15) is 4.39 Å². The van der Waals surface area contributed by atoms with Crippen molar-refractivity contribution in [3.05, 3.63) is 29.6 Å². The number of halogens is 1. The molecule has 0 heterocycles. The van der Waals surface area contributed by atoms with Crippen molar-refractivity contribution in [3.63, 3.8) is 0 Å². The van der Waals surface area contributed by atoms with Gasteiger partial charge >= 0.3 is 0 Å². The Morgan fingerprint density at radius 2 is 2.31 bits per heavy atom. The lowest BCUT2D eigenvalue weighted by Gasteiger charge is -2.10. The van der Waals surface area contributed by atoms with Crippen molar-refractivity contribution >= 4 is 0 Å². The minimum absolute atomic E-state index is 0.266. The third-order valence-corrected chi connectivity index (χ3v) is 1.80. The minimum Gasteiger partial charge on any atom is -0.497 e. The molecule has 1 aromatic rings. The van der Waals surface area contributed by atoms with Gasteiger partial charge in [-0.3, -0.25) is 0 Å². The summed E-state index contributed by atoms with van der Waals surface area (Å²) in [6, 6.07) is 3.55. The maximum absolute atomic E-state index is 13.1. The van der Waals surface area contributed by atoms with Crippen molar-refractivity contribution in [2.75, 3.05) is 13.7 Å². The Morgan fingerprint density at radius 3 is 2.85 bits per heavy atom. The molecule has 0 amide bonds. The van der Waals surface area contributed by atoms with E-state index in [2.05, 4.69) is 0 Å². The van der Waals surface area contributed by atoms with Gasteiger partial charge in [0.25, 0.3) is 0 Å². The summed E-state index contributed by atoms with van der Waals surface area (Å²) in [5, 5.41) is 8.74. The van der Waals surface area contributed by atoms with E-state index in [0.29, 0.717) is 5.75 Å². The molecule has 3 nitrogen and oxygen atoms in total. The monoisotopic (exact) mass is 185 g/mol. The standard InChI is InChI=1S/C9H12FNO2/c1-13-6-2-3-8(10)7(4-6)9(11)5-12/h2-4,9,12H,5,11H2,1H3/t9-/m1/s1. The molecule has 0 radical (unpaired) electrons. The molecule has 0 saturated heterocycles. The number of benzene rings is 1. The third-order valence-electron chi connectivity index (χ3n) is 1.80. The van der Waals surface area contributed by atoms with Crippen LogP contribution in [0, 0.1) is 5.82 Å². The molecule has 1 atom stereocenters. The van der Waals surface area contributed by atoms with Crippen LogP contribution in [0.3, 0.4) is 0 Å². The molecule has 1 aromatic carbocycles. The molecular formula is C9H12FNO2. The molecule has 3 N–H and O–H groups in total. The van der Waals surface area contributed by atoms with Crippen molar-refractivity contribution in [2.24, 2.45) is 5.73 Å². The summed E-state index contributed by atoms with van der Waals surface area (Å²) in [4.78, 5) is 0. The fourth-order valence-electron chi connectivity index (χ4n) is 1.03. The van der Waals surface area contributed by atoms with Crippen LogP contribution in [0.4, 0.5) is 4.39 Å². The van der Waals surface area contributed by atoms with Crippen LogP contribution in [-0.2, 0) is 0 Å². The molecule has 0 saturated carbocycles. The summed E-state index contributed by atoms with van der Waals surface area (Å²) in [5.41, 5.74) is 5.74. The number of nitrogens with two attached hydrogens (primary N) is 1. The van der Waals surface area contributed by atoms with Gasteiger partial charge in [0, 0.05) is 5.56 Å². The minimum atomic E-state index is -0.699. The Hall–Kier alpha value is -1.13. The summed E-state index contributed by atoms with van der Waals surface area (Å²) in [7, 11) is 1.49. The second-order valence-electron chi connectivity index (χ2n) is 2.68. The smallest absolute Gasteiger partial charge is 0.128 e. The number of aliphatic hydroxyl groups excluding tert-OH is 1. The molecule has 0 spiro atoms. The third kappa shape index (κ3) is 2.17. The van der Waals surface area contributed by atoms with E-state index in [1.165, 1.54) is 25.3 Å². The van der Waals surface area contributed by atoms with Crippen LogP contribution in [0.2, 0.25) is 0 Å². The molecule has 0 aliphatic carbocycles. The van der Waals surface area contributed by atoms with Gasteiger partial charge < -0.3 is 15.6 Å². The zero-order valence-electron chi connectivity index (χ0n) is 7.33. The highest BCUT2D eigenvalue weighted by Gasteiger charge is 2.10. The first-order chi connectivity index (χ1) is 6.19. The van der Waals surface area contributed by atoms with Gasteiger partial charge in [-0.2, -0.15) is 0 Å². The highest BCUT2D eigenvalue weighted by Crippen LogP contribution is 2.20. The zero-order valence-corrected chi connectivity index (χ0v) is 7.33. The van der Waals surface area contributed by atoms with Gasteiger partial charge in [0.15, 0.2) is 0 Å². The number of hydrogen-bond donors (Lipinski definition) is 2. The first-order valence-electron chi connectivity index (χ1n) is 3.89. The average molecular weight is 185 g/mol. The number of hydrogen-bond acceptors (Lipinski definition) is 3. The quantitative estimate of drug-likeness (QED) is 0.733. The predicted octanol–water partition coefficient (Wildman–Crippen LogP) is 0.826. The fourth-order valence-corrected chi connectivity index (χ4v) is 1.03. The van der Waals surface area contributed by atoms with Gasteiger partial charge in [-0.05, 0) is 18.2 Å². The molecular weight excluding hydrogens is 173 g/mol. The molecule has 0 aromatic heterocycles. The van der Waals surface area contributed by atoms with E-state index in [0.717, 1.165) is 0 Å². The van der Waals surface area contributed by atoms with Crippen molar-refractivity contribution in [2.45, 2.75) is 6.04 Å². The topological polar surface area (TPSA) is 55.5 Å². The van der Waals surface area contributed by atoms with Crippen molar-refractivity contribution in [1.82, 2.24) is 0 Å². The van der Waals surface area contributed by atoms with Gasteiger partial charge in [-0.1, -0.05) is 0 Å². The Kier molecular flexibility index (Phi) is 3.22. The number of ether oxygens (including phenoxy) is 1. The molecule has 0 bridgehead atoms. The lowest BCUT2D eigenvalue weighted by atomic mass is 10.1. The summed E-state index contributed by atoms with van der Waals surface area (Å²) in [6.45, 7) is -0.288. The second-order valence-corrected chi connectivity index (χ2v) is 2.68. The van der Waals surface area contributed by atoms with Crippen molar-refractivity contribution in [3.8, 4) is 5.75 Å². The van der Waals surface area contributed by atoms with Crippen LogP contribution in [0.5, 0.6) is 5.75 Å². The number of methoxy groups -OCH3 is 1. The molecule has 4 heteroatoms. The zero-order chi connectivity index (χ0) is 9.84. The summed E-state index contributed by atoms with van der Waals surface area (Å²) in [6.07, 6.45) is 0. The van der Waals surface area contributed by atoms with Gasteiger partial charge in [0.2, 0.25) is 0 Å². The Labute approximate surface area is 75.9 Å². The van der Waals surface area contributed by atoms with E-state index in [-0.39, 0.29) is 12.2 Å². The largest absolute Gasteiger partial charge is 0.497 e. The molecule has 72 valence electrons. The average Bonchev–Trinajstić information content (AvgIpc) is 2.17. The maximum atomic E-state index is 13.1. The van der Waals surface area contributed by atoms with Crippen LogP contribution >= 0.6 is 0 Å². The fraction of sp³-hybridized carbons (Fsp3) is 0.333. The van der Waals surface area contributed by atoms with Crippen LogP contribution in [0.15, 0.2) is 18.2 Å². The van der Waals surface area contributed by atoms with E-state index in [1.54, 1.807) is 0 Å². The van der Waals surface area contributed by atoms with E-state index in [1.807, 2.05) is 0 Å². The lowest BCUT2D eigenvalue weighted by Crippen LogP contribution is -2.16. The van der Waals surface area contributed by atoms with Crippen LogP contribution in [0.25, 0.3) is 0 Å². The van der Waals surface area contributed by atoms with Gasteiger partial charge in [-0.15, -0.1) is 0 Å². The molecule has 1 rings (SSSR count). The van der Waals surface area contributed by atoms with Crippen LogP contribution in [0.1, 0.15) is 11.6 Å². The maximum Gasteiger partial charge on any atom is 0.128 e. The van der Waals surface area contributed by atoms with Gasteiger partial charge in [0.1, 0.15) is 11.6 Å². The summed E-state index contributed by atoms with van der Waals surface area (Å²) < 4.78 is 18.0. The number of rotatable bonds is 3. The Balaban J connectivity index is 3.03. The Morgan fingerprint density at radius 1 is 1.62 bits per heavy atom. The highest BCUT2D eigenvalue weighted by molar-refractivity contribution is 5.31. The van der Waals surface area contributed by atoms with E-state index < -0.39 is 11.9 Å². The first-order valence-corrected chi connectivity index (χ1v) is 3.89. The molecule has 0 aliphatic rings. The SMILES string of the molecule is COc1ccc(F)c([C@H](N)CO)c1. The number of aliphatic hydroxyl groups is 1. The molecule has 0 aliphatic heterocycles. The summed E-state index contributed by atoms with van der Waals surface area (Å²) in [5.74, 6) is 0.0997. The normalized spacial score (nSPS) is 12.6. The van der Waals surface area contributed by atoms with Crippen molar-refractivity contribution < 1.29 is 14.2 Å². The van der Waals surface area contributed by atoms with Crippen LogP contribution in [-0.4, -0.2) is 18.8 Å². The highest BCUT2D eigenvalue weighted by atomic mass is 19.1. The molecule has 13 heavy (non-hydrogen) atoms. The first kappa shape index (κ1) is 9.95. The summed E-state index contributed by atoms with van der Waals surface area (Å²) >= 11 is 0. The van der Waals surface area contributed by atoms with Crippen molar-refractivity contribution in [1.29, 1.82) is 0 Å². The van der Waals surface area contributed by atoms with Gasteiger partial charge in [0.05, 0.1) is 19.8 Å². The second kappa shape index (κ2) is 4.20. The Bertz CT molecular complexity index is 291. The van der Waals surface area contributed by atoms with E-state index in [4.69, 9.17) is 15.6 Å². The molecule has 0 unspecified atom stereocenters. The van der Waals surface area contributed by atoms with Crippen LogP contribution < -0.4 is 10.5 Å². The lowest BCUT2D eigenvalue weighted by molar-refractivity contribution is 0.265. The van der Waals surface area contributed by atoms with Gasteiger partial charge in [-0.25, -0.2) is 4.39 Å².